The van der Waals surface area contributed by atoms with Crippen LogP contribution in [0.5, 0.6) is 0 Å². The highest BCUT2D eigenvalue weighted by Gasteiger charge is 2.40. The summed E-state index contributed by atoms with van der Waals surface area (Å²) in [4.78, 5) is 24.8. The van der Waals surface area contributed by atoms with Gasteiger partial charge in [0.2, 0.25) is 0 Å². The Morgan fingerprint density at radius 1 is 1.21 bits per heavy atom. The minimum atomic E-state index is -4.34. The number of amides is 1. The van der Waals surface area contributed by atoms with Crippen LogP contribution in [0.3, 0.4) is 0 Å². The highest BCUT2D eigenvalue weighted by atomic mass is 32.2. The summed E-state index contributed by atoms with van der Waals surface area (Å²) in [5.41, 5.74) is -0.103. The van der Waals surface area contributed by atoms with Crippen LogP contribution in [-0.2, 0) is 10.0 Å². The van der Waals surface area contributed by atoms with Gasteiger partial charge in [-0.05, 0) is 50.5 Å². The van der Waals surface area contributed by atoms with E-state index in [0.717, 1.165) is 6.42 Å². The lowest BCUT2D eigenvalue weighted by molar-refractivity contribution is 0.0256. The molecule has 2 saturated heterocycles. The lowest BCUT2D eigenvalue weighted by atomic mass is 9.97. The van der Waals surface area contributed by atoms with Crippen molar-refractivity contribution in [2.24, 2.45) is 5.92 Å². The fourth-order valence-corrected chi connectivity index (χ4v) is 5.57. The van der Waals surface area contributed by atoms with Crippen molar-refractivity contribution >= 4 is 27.6 Å². The Labute approximate surface area is 192 Å². The van der Waals surface area contributed by atoms with E-state index in [2.05, 4.69) is 35.5 Å². The van der Waals surface area contributed by atoms with Crippen LogP contribution in [0.15, 0.2) is 41.6 Å². The summed E-state index contributed by atoms with van der Waals surface area (Å²) in [7, 11) is -4.34. The first kappa shape index (κ1) is 23.3. The molecule has 0 aliphatic carbocycles. The molecule has 8 nitrogen and oxygen atoms in total. The summed E-state index contributed by atoms with van der Waals surface area (Å²) in [5.74, 6) is -2.74. The minimum absolute atomic E-state index is 0.0684. The maximum atomic E-state index is 13.6. The SMILES string of the molecule is CC1CN(c2ncccc2C(=O)NS(=O)(=O)c2cccc(N3CCC(F)(F)C3)n2)C(C)(C)C1. The largest absolute Gasteiger partial charge is 0.351 e. The zero-order valence-electron chi connectivity index (χ0n) is 18.8. The number of sulfonamides is 1. The quantitative estimate of drug-likeness (QED) is 0.704. The predicted octanol–water partition coefficient (Wildman–Crippen LogP) is 3.07. The molecule has 1 unspecified atom stereocenters. The Balaban J connectivity index is 1.58. The predicted molar refractivity (Wildman–Crippen MR) is 120 cm³/mol. The molecule has 178 valence electrons. The van der Waals surface area contributed by atoms with Gasteiger partial charge in [0.1, 0.15) is 11.6 Å². The molecule has 1 amide bonds. The average molecular weight is 480 g/mol. The molecule has 1 N–H and O–H groups in total. The van der Waals surface area contributed by atoms with Gasteiger partial charge in [-0.15, -0.1) is 0 Å². The van der Waals surface area contributed by atoms with Gasteiger partial charge in [-0.1, -0.05) is 13.0 Å². The standard InChI is InChI=1S/C22H27F2N5O3S/c1-15-12-21(2,3)29(13-15)19-16(6-5-10-25-19)20(30)27-33(31,32)18-8-4-7-17(26-18)28-11-9-22(23,24)14-28/h4-8,10,15H,9,11-14H2,1-3H3,(H,27,30). The van der Waals surface area contributed by atoms with E-state index in [1.165, 1.54) is 29.2 Å². The van der Waals surface area contributed by atoms with E-state index in [1.807, 2.05) is 4.90 Å². The van der Waals surface area contributed by atoms with E-state index < -0.39 is 33.4 Å². The first-order valence-corrected chi connectivity index (χ1v) is 12.3. The number of carbonyl (C=O) groups is 1. The smallest absolute Gasteiger partial charge is 0.281 e. The van der Waals surface area contributed by atoms with E-state index in [0.29, 0.717) is 18.3 Å². The van der Waals surface area contributed by atoms with Crippen LogP contribution in [0.4, 0.5) is 20.4 Å². The van der Waals surface area contributed by atoms with Gasteiger partial charge in [0.05, 0.1) is 12.1 Å². The molecule has 1 atom stereocenters. The van der Waals surface area contributed by atoms with E-state index in [-0.39, 0.29) is 29.9 Å². The van der Waals surface area contributed by atoms with Gasteiger partial charge in [-0.2, -0.15) is 8.42 Å². The van der Waals surface area contributed by atoms with Gasteiger partial charge in [-0.3, -0.25) is 4.79 Å². The summed E-state index contributed by atoms with van der Waals surface area (Å²) in [6, 6.07) is 7.22. The fraction of sp³-hybridized carbons (Fsp3) is 0.500. The molecule has 0 spiro atoms. The number of anilines is 2. The number of nitrogens with one attached hydrogen (secondary N) is 1. The lowest BCUT2D eigenvalue weighted by Crippen LogP contribution is -2.41. The number of halogens is 2. The molecular weight excluding hydrogens is 452 g/mol. The maximum Gasteiger partial charge on any atom is 0.281 e. The maximum absolute atomic E-state index is 13.6. The molecular formula is C22H27F2N5O3S. The van der Waals surface area contributed by atoms with Gasteiger partial charge in [-0.25, -0.2) is 23.5 Å². The van der Waals surface area contributed by atoms with Crippen molar-refractivity contribution < 1.29 is 22.0 Å². The lowest BCUT2D eigenvalue weighted by Gasteiger charge is -2.33. The van der Waals surface area contributed by atoms with E-state index in [4.69, 9.17) is 0 Å². The number of alkyl halides is 2. The number of carbonyl (C=O) groups excluding carboxylic acids is 1. The Morgan fingerprint density at radius 3 is 2.61 bits per heavy atom. The summed E-state index contributed by atoms with van der Waals surface area (Å²) >= 11 is 0. The molecule has 4 rings (SSSR count). The van der Waals surface area contributed by atoms with Crippen molar-refractivity contribution in [3.63, 3.8) is 0 Å². The fourth-order valence-electron chi connectivity index (χ4n) is 4.64. The number of nitrogens with zero attached hydrogens (tertiary/aromatic N) is 4. The van der Waals surface area contributed by atoms with Crippen LogP contribution in [0.2, 0.25) is 0 Å². The molecule has 0 radical (unpaired) electrons. The van der Waals surface area contributed by atoms with Crippen molar-refractivity contribution in [2.75, 3.05) is 29.4 Å². The Morgan fingerprint density at radius 2 is 1.97 bits per heavy atom. The molecule has 2 aromatic rings. The number of aromatic nitrogens is 2. The van der Waals surface area contributed by atoms with Crippen molar-refractivity contribution in [1.82, 2.24) is 14.7 Å². The van der Waals surface area contributed by atoms with Gasteiger partial charge >= 0.3 is 0 Å². The number of rotatable bonds is 5. The summed E-state index contributed by atoms with van der Waals surface area (Å²) in [6.07, 6.45) is 2.16. The second kappa shape index (κ2) is 8.19. The summed E-state index contributed by atoms with van der Waals surface area (Å²) in [5, 5.41) is -0.413. The highest BCUT2D eigenvalue weighted by Crippen LogP contribution is 2.37. The third kappa shape index (κ3) is 4.78. The van der Waals surface area contributed by atoms with E-state index in [1.54, 1.807) is 12.3 Å². The van der Waals surface area contributed by atoms with Gasteiger partial charge in [0.15, 0.2) is 5.03 Å². The van der Waals surface area contributed by atoms with Crippen LogP contribution < -0.4 is 14.5 Å². The van der Waals surface area contributed by atoms with Crippen LogP contribution in [-0.4, -0.2) is 55.4 Å². The van der Waals surface area contributed by atoms with Crippen molar-refractivity contribution in [3.05, 3.63) is 42.1 Å². The molecule has 2 fully saturated rings. The molecule has 0 aromatic carbocycles. The Hall–Kier alpha value is -2.82. The monoisotopic (exact) mass is 479 g/mol. The molecule has 11 heteroatoms. The van der Waals surface area contributed by atoms with Crippen LogP contribution in [0, 0.1) is 5.92 Å². The molecule has 2 aromatic heterocycles. The zero-order chi connectivity index (χ0) is 24.0. The molecule has 4 heterocycles. The highest BCUT2D eigenvalue weighted by molar-refractivity contribution is 7.90. The average Bonchev–Trinajstić information content (AvgIpc) is 3.24. The molecule has 0 bridgehead atoms. The number of hydrogen-bond donors (Lipinski definition) is 1. The summed E-state index contributed by atoms with van der Waals surface area (Å²) in [6.45, 7) is 6.46. The molecule has 2 aliphatic heterocycles. The van der Waals surface area contributed by atoms with Crippen molar-refractivity contribution in [3.8, 4) is 0 Å². The molecule has 0 saturated carbocycles. The van der Waals surface area contributed by atoms with E-state index in [9.17, 15) is 22.0 Å². The van der Waals surface area contributed by atoms with Gasteiger partial charge in [0.25, 0.3) is 21.9 Å². The summed E-state index contributed by atoms with van der Waals surface area (Å²) < 4.78 is 55.0. The second-order valence-corrected chi connectivity index (χ2v) is 11.0. The topological polar surface area (TPSA) is 95.5 Å². The van der Waals surface area contributed by atoms with Gasteiger partial charge < -0.3 is 9.80 Å². The third-order valence-corrected chi connectivity index (χ3v) is 7.30. The second-order valence-electron chi connectivity index (χ2n) is 9.40. The van der Waals surface area contributed by atoms with Crippen molar-refractivity contribution in [2.45, 2.75) is 50.1 Å². The molecule has 2 aliphatic rings. The first-order chi connectivity index (χ1) is 15.4. The minimum Gasteiger partial charge on any atom is -0.351 e. The van der Waals surface area contributed by atoms with E-state index >= 15 is 0 Å². The van der Waals surface area contributed by atoms with Gasteiger partial charge in [0, 0.05) is 31.2 Å². The van der Waals surface area contributed by atoms with Crippen molar-refractivity contribution in [1.29, 1.82) is 0 Å². The number of hydrogen-bond acceptors (Lipinski definition) is 7. The molecule has 33 heavy (non-hydrogen) atoms. The Kier molecular flexibility index (Phi) is 5.80. The zero-order valence-corrected chi connectivity index (χ0v) is 19.6. The Bertz CT molecular complexity index is 1170. The third-order valence-electron chi connectivity index (χ3n) is 6.06. The van der Waals surface area contributed by atoms with Crippen LogP contribution in [0.1, 0.15) is 44.0 Å². The van der Waals surface area contributed by atoms with Crippen LogP contribution >= 0.6 is 0 Å². The normalized spacial score (nSPS) is 21.9. The first-order valence-electron chi connectivity index (χ1n) is 10.8. The van der Waals surface area contributed by atoms with Crippen LogP contribution in [0.25, 0.3) is 0 Å². The number of pyridine rings is 2.